The molecule has 200 valence electrons. The Morgan fingerprint density at radius 2 is 1.92 bits per heavy atom. The van der Waals surface area contributed by atoms with Gasteiger partial charge in [-0.1, -0.05) is 30.9 Å². The zero-order valence-electron chi connectivity index (χ0n) is 22.1. The Morgan fingerprint density at radius 1 is 1.13 bits per heavy atom. The number of rotatable bonds is 6. The highest BCUT2D eigenvalue weighted by atomic mass is 19.1. The molecule has 2 heterocycles. The van der Waals surface area contributed by atoms with Gasteiger partial charge < -0.3 is 14.6 Å². The van der Waals surface area contributed by atoms with E-state index in [9.17, 15) is 4.79 Å². The fraction of sp³-hybridized carbons (Fsp3) is 0.281. The Labute approximate surface area is 227 Å². The van der Waals surface area contributed by atoms with Crippen LogP contribution in [-0.4, -0.2) is 34.0 Å². The summed E-state index contributed by atoms with van der Waals surface area (Å²) in [5.74, 6) is -0.290. The second-order valence-electron chi connectivity index (χ2n) is 10.2. The number of aliphatic carboxylic acids is 1. The molecule has 6 nitrogen and oxygen atoms in total. The van der Waals surface area contributed by atoms with Crippen molar-refractivity contribution in [1.29, 1.82) is 0 Å². The van der Waals surface area contributed by atoms with E-state index >= 15 is 4.39 Å². The number of halogens is 1. The maximum Gasteiger partial charge on any atom is 0.304 e. The SMILES string of the molecule is C=C1/C(F)=C\C=C(\c2c(C)cc(-c3ccnnc3)cc2C)CCC[C@H]1Oc1ccc2c(c1)OC[C@H]2CC(=O)O. The fourth-order valence-corrected chi connectivity index (χ4v) is 5.48. The van der Waals surface area contributed by atoms with Crippen LogP contribution in [0.2, 0.25) is 0 Å². The van der Waals surface area contributed by atoms with Crippen molar-refractivity contribution in [2.24, 2.45) is 0 Å². The first kappa shape index (κ1) is 26.4. The Kier molecular flexibility index (Phi) is 7.59. The van der Waals surface area contributed by atoms with Gasteiger partial charge in [0.25, 0.3) is 0 Å². The first-order chi connectivity index (χ1) is 18.8. The number of fused-ring (bicyclic) bond motifs is 1. The number of ether oxygens (including phenoxy) is 2. The molecule has 3 aromatic rings. The maximum atomic E-state index is 15.3. The molecule has 0 bridgehead atoms. The van der Waals surface area contributed by atoms with E-state index in [0.29, 0.717) is 30.1 Å². The molecule has 0 fully saturated rings. The largest absolute Gasteiger partial charge is 0.492 e. The molecule has 0 saturated carbocycles. The summed E-state index contributed by atoms with van der Waals surface area (Å²) in [6.07, 6.45) is 8.40. The van der Waals surface area contributed by atoms with Gasteiger partial charge in [-0.05, 0) is 79.1 Å². The molecule has 2 aromatic carbocycles. The molecule has 0 spiro atoms. The molecule has 0 saturated heterocycles. The quantitative estimate of drug-likeness (QED) is 0.368. The molecule has 0 unspecified atom stereocenters. The number of benzene rings is 2. The van der Waals surface area contributed by atoms with Crippen molar-refractivity contribution in [2.75, 3.05) is 6.61 Å². The van der Waals surface area contributed by atoms with Crippen LogP contribution in [0.5, 0.6) is 11.5 Å². The van der Waals surface area contributed by atoms with Crippen LogP contribution < -0.4 is 9.47 Å². The summed E-state index contributed by atoms with van der Waals surface area (Å²) >= 11 is 0. The van der Waals surface area contributed by atoms with Crippen molar-refractivity contribution >= 4 is 11.5 Å². The van der Waals surface area contributed by atoms with Gasteiger partial charge >= 0.3 is 5.97 Å². The van der Waals surface area contributed by atoms with Crippen LogP contribution in [0.3, 0.4) is 0 Å². The summed E-state index contributed by atoms with van der Waals surface area (Å²) in [5.41, 5.74) is 7.66. The molecule has 1 N–H and O–H groups in total. The highest BCUT2D eigenvalue weighted by Crippen LogP contribution is 2.39. The maximum absolute atomic E-state index is 15.3. The van der Waals surface area contributed by atoms with Crippen molar-refractivity contribution in [3.8, 4) is 22.6 Å². The van der Waals surface area contributed by atoms with Crippen molar-refractivity contribution in [2.45, 2.75) is 51.6 Å². The van der Waals surface area contributed by atoms with Crippen LogP contribution in [0.1, 0.15) is 53.9 Å². The number of aryl methyl sites for hydroxylation is 2. The molecule has 1 aliphatic carbocycles. The summed E-state index contributed by atoms with van der Waals surface area (Å²) in [6, 6.07) is 11.6. The Bertz CT molecular complexity index is 1460. The Balaban J connectivity index is 1.33. The van der Waals surface area contributed by atoms with Crippen molar-refractivity contribution in [3.63, 3.8) is 0 Å². The van der Waals surface area contributed by atoms with Gasteiger partial charge in [0.05, 0.1) is 25.4 Å². The molecule has 7 heteroatoms. The van der Waals surface area contributed by atoms with Gasteiger partial charge in [-0.15, -0.1) is 0 Å². The number of carbonyl (C=O) groups is 1. The summed E-state index contributed by atoms with van der Waals surface area (Å²) in [4.78, 5) is 11.1. The van der Waals surface area contributed by atoms with Crippen molar-refractivity contribution in [3.05, 3.63) is 101 Å². The van der Waals surface area contributed by atoms with E-state index < -0.39 is 17.9 Å². The van der Waals surface area contributed by atoms with Crippen LogP contribution in [-0.2, 0) is 4.79 Å². The summed E-state index contributed by atoms with van der Waals surface area (Å²) in [6.45, 7) is 8.49. The predicted molar refractivity (Wildman–Crippen MR) is 148 cm³/mol. The third kappa shape index (κ3) is 5.77. The summed E-state index contributed by atoms with van der Waals surface area (Å²) in [7, 11) is 0. The standard InChI is InChI=1S/C32H31FN2O4/c1-19-13-24(23-11-12-34-35-17-23)14-20(2)32(19)22-5-4-6-29(21(3)28(33)10-7-22)39-26-8-9-27-25(15-31(36)37)18-38-30(27)16-26/h7-14,16-17,25,29H,3-6,15,18H2,1-2H3,(H,36,37)/b22-7+,28-10+/t25-,29-/m1/s1. The third-order valence-electron chi connectivity index (χ3n) is 7.37. The summed E-state index contributed by atoms with van der Waals surface area (Å²) < 4.78 is 27.2. The second-order valence-corrected chi connectivity index (χ2v) is 10.2. The lowest BCUT2D eigenvalue weighted by Gasteiger charge is -2.21. The highest BCUT2D eigenvalue weighted by Gasteiger charge is 2.28. The van der Waals surface area contributed by atoms with Gasteiger partial charge in [-0.25, -0.2) is 4.39 Å². The number of hydrogen-bond donors (Lipinski definition) is 1. The zero-order chi connectivity index (χ0) is 27.5. The molecular weight excluding hydrogens is 495 g/mol. The van der Waals surface area contributed by atoms with Crippen LogP contribution in [0.15, 0.2) is 78.9 Å². The fourth-order valence-electron chi connectivity index (χ4n) is 5.48. The van der Waals surface area contributed by atoms with E-state index in [0.717, 1.165) is 51.8 Å². The second kappa shape index (κ2) is 11.2. The molecule has 1 aromatic heterocycles. The van der Waals surface area contributed by atoms with E-state index in [1.807, 2.05) is 18.2 Å². The lowest BCUT2D eigenvalue weighted by atomic mass is 9.89. The first-order valence-corrected chi connectivity index (χ1v) is 13.1. The van der Waals surface area contributed by atoms with Crippen LogP contribution in [0.4, 0.5) is 4.39 Å². The lowest BCUT2D eigenvalue weighted by molar-refractivity contribution is -0.137. The minimum atomic E-state index is -0.860. The molecule has 0 radical (unpaired) electrons. The van der Waals surface area contributed by atoms with E-state index in [2.05, 4.69) is 42.8 Å². The number of carboxylic acids is 1. The van der Waals surface area contributed by atoms with Gasteiger partial charge in [0.1, 0.15) is 23.4 Å². The number of hydrogen-bond acceptors (Lipinski definition) is 5. The summed E-state index contributed by atoms with van der Waals surface area (Å²) in [5, 5.41) is 17.0. The molecule has 5 rings (SSSR count). The van der Waals surface area contributed by atoms with Gasteiger partial charge in [0.2, 0.25) is 0 Å². The molecule has 0 amide bonds. The van der Waals surface area contributed by atoms with Gasteiger partial charge in [0.15, 0.2) is 0 Å². The van der Waals surface area contributed by atoms with Gasteiger partial charge in [-0.2, -0.15) is 10.2 Å². The number of carboxylic acid groups (broad SMARTS) is 1. The van der Waals surface area contributed by atoms with Crippen LogP contribution >= 0.6 is 0 Å². The van der Waals surface area contributed by atoms with Crippen LogP contribution in [0, 0.1) is 13.8 Å². The first-order valence-electron chi connectivity index (χ1n) is 13.1. The van der Waals surface area contributed by atoms with Gasteiger partial charge in [-0.3, -0.25) is 4.79 Å². The predicted octanol–water partition coefficient (Wildman–Crippen LogP) is 7.14. The minimum Gasteiger partial charge on any atom is -0.492 e. The average molecular weight is 527 g/mol. The van der Waals surface area contributed by atoms with Crippen molar-refractivity contribution in [1.82, 2.24) is 10.2 Å². The smallest absolute Gasteiger partial charge is 0.304 e. The van der Waals surface area contributed by atoms with E-state index in [1.54, 1.807) is 24.5 Å². The average Bonchev–Trinajstić information content (AvgIpc) is 3.32. The Morgan fingerprint density at radius 3 is 2.64 bits per heavy atom. The van der Waals surface area contributed by atoms with E-state index in [1.165, 1.54) is 6.08 Å². The zero-order valence-corrected chi connectivity index (χ0v) is 22.1. The number of allylic oxidation sites excluding steroid dienone is 3. The highest BCUT2D eigenvalue weighted by molar-refractivity contribution is 5.76. The molecule has 39 heavy (non-hydrogen) atoms. The van der Waals surface area contributed by atoms with Crippen molar-refractivity contribution < 1.29 is 23.8 Å². The molecular formula is C32H31FN2O4. The number of aromatic nitrogens is 2. The molecule has 2 aliphatic rings. The number of nitrogens with zero attached hydrogens (tertiary/aromatic N) is 2. The normalized spacial score (nSPS) is 21.8. The monoisotopic (exact) mass is 526 g/mol. The van der Waals surface area contributed by atoms with Crippen LogP contribution in [0.25, 0.3) is 16.7 Å². The molecule has 1 aliphatic heterocycles. The lowest BCUT2D eigenvalue weighted by Crippen LogP contribution is -2.19. The van der Waals surface area contributed by atoms with E-state index in [-0.39, 0.29) is 12.3 Å². The third-order valence-corrected chi connectivity index (χ3v) is 7.37. The van der Waals surface area contributed by atoms with Gasteiger partial charge in [0, 0.05) is 28.7 Å². The topological polar surface area (TPSA) is 81.5 Å². The molecule has 2 atom stereocenters. The van der Waals surface area contributed by atoms with E-state index in [4.69, 9.17) is 14.6 Å². The minimum absolute atomic E-state index is 0.0145. The Hall–Kier alpha value is -4.26.